The molecule has 1 fully saturated rings. The number of nitrogens with zero attached hydrogens (tertiary/aromatic N) is 1. The first-order chi connectivity index (χ1) is 9.15. The van der Waals surface area contributed by atoms with Crippen molar-refractivity contribution in [2.75, 3.05) is 12.4 Å². The molecule has 1 amide bonds. The molecule has 2 rings (SSSR count). The Hall–Kier alpha value is -1.73. The monoisotopic (exact) mass is 269 g/mol. The summed E-state index contributed by atoms with van der Waals surface area (Å²) in [6, 6.07) is 1.04. The van der Waals surface area contributed by atoms with Crippen LogP contribution in [0.15, 0.2) is 12.3 Å². The number of nitrogens with one attached hydrogen (secondary N) is 2. The molecule has 1 aliphatic carbocycles. The summed E-state index contributed by atoms with van der Waals surface area (Å²) in [6.45, 7) is 0. The fourth-order valence-corrected chi connectivity index (χ4v) is 2.28. The Morgan fingerprint density at radius 3 is 3.00 bits per heavy atom. The quantitative estimate of drug-likeness (QED) is 0.567. The molecule has 1 aliphatic rings. The van der Waals surface area contributed by atoms with Crippen molar-refractivity contribution in [1.82, 2.24) is 10.5 Å². The fourth-order valence-electron chi connectivity index (χ4n) is 2.28. The first-order valence-electron chi connectivity index (χ1n) is 6.05. The third kappa shape index (κ3) is 2.99. The van der Waals surface area contributed by atoms with Gasteiger partial charge in [-0.25, -0.2) is 14.9 Å². The van der Waals surface area contributed by atoms with Crippen LogP contribution in [0.1, 0.15) is 29.6 Å². The van der Waals surface area contributed by atoms with Gasteiger partial charge in [-0.05, 0) is 25.3 Å². The lowest BCUT2D eigenvalue weighted by molar-refractivity contribution is 0.0705. The summed E-state index contributed by atoms with van der Waals surface area (Å²) in [4.78, 5) is 15.0. The second kappa shape index (κ2) is 5.94. The summed E-state index contributed by atoms with van der Waals surface area (Å²) < 4.78 is 19.1. The van der Waals surface area contributed by atoms with E-state index in [-0.39, 0.29) is 23.5 Å². The number of amides is 1. The molecular formula is C12H16FN3O3. The van der Waals surface area contributed by atoms with E-state index in [1.165, 1.54) is 11.7 Å². The summed E-state index contributed by atoms with van der Waals surface area (Å²) in [7, 11) is 1.63. The number of pyridine rings is 1. The van der Waals surface area contributed by atoms with Crippen LogP contribution in [0.4, 0.5) is 10.2 Å². The minimum Gasteiger partial charge on any atom is -0.379 e. The minimum atomic E-state index is -0.798. The maximum atomic E-state index is 13.8. The van der Waals surface area contributed by atoms with Crippen LogP contribution < -0.4 is 10.8 Å². The number of methoxy groups -OCH3 is 1. The van der Waals surface area contributed by atoms with E-state index in [0.717, 1.165) is 25.3 Å². The molecule has 1 aromatic heterocycles. The highest BCUT2D eigenvalue weighted by atomic mass is 19.1. The van der Waals surface area contributed by atoms with Crippen LogP contribution in [0.25, 0.3) is 0 Å². The zero-order chi connectivity index (χ0) is 13.8. The van der Waals surface area contributed by atoms with Crippen LogP contribution in [0, 0.1) is 5.82 Å². The topological polar surface area (TPSA) is 83.5 Å². The molecule has 7 heteroatoms. The molecule has 2 atom stereocenters. The van der Waals surface area contributed by atoms with E-state index < -0.39 is 11.7 Å². The van der Waals surface area contributed by atoms with E-state index in [0.29, 0.717) is 0 Å². The van der Waals surface area contributed by atoms with Crippen LogP contribution in [0.3, 0.4) is 0 Å². The summed E-state index contributed by atoms with van der Waals surface area (Å²) in [5.41, 5.74) is 1.39. The number of aromatic nitrogens is 1. The lowest BCUT2D eigenvalue weighted by Gasteiger charge is -2.20. The Labute approximate surface area is 109 Å². The van der Waals surface area contributed by atoms with Crippen molar-refractivity contribution in [3.05, 3.63) is 23.6 Å². The van der Waals surface area contributed by atoms with Gasteiger partial charge in [0.1, 0.15) is 0 Å². The fraction of sp³-hybridized carbons (Fsp3) is 0.500. The number of halogens is 1. The Morgan fingerprint density at radius 2 is 2.37 bits per heavy atom. The maximum absolute atomic E-state index is 13.8. The van der Waals surface area contributed by atoms with Crippen molar-refractivity contribution in [2.45, 2.75) is 31.4 Å². The summed E-state index contributed by atoms with van der Waals surface area (Å²) in [5.74, 6) is -1.35. The van der Waals surface area contributed by atoms with Gasteiger partial charge in [-0.3, -0.25) is 10.0 Å². The maximum Gasteiger partial charge on any atom is 0.276 e. The summed E-state index contributed by atoms with van der Waals surface area (Å²) in [5, 5.41) is 11.5. The molecule has 0 bridgehead atoms. The Balaban J connectivity index is 2.11. The number of hydrogen-bond donors (Lipinski definition) is 3. The van der Waals surface area contributed by atoms with Gasteiger partial charge in [0.25, 0.3) is 5.91 Å². The van der Waals surface area contributed by atoms with Crippen LogP contribution in [0.5, 0.6) is 0 Å². The van der Waals surface area contributed by atoms with E-state index in [1.54, 1.807) is 7.11 Å². The van der Waals surface area contributed by atoms with Gasteiger partial charge in [-0.1, -0.05) is 0 Å². The predicted molar refractivity (Wildman–Crippen MR) is 65.5 cm³/mol. The standard InChI is InChI=1S/C12H16FN3O3/c1-19-10-4-2-3-9(10)15-11-8(13)5-7(6-14-11)12(17)16-18/h5-6,9-10,18H,2-4H2,1H3,(H,14,15)(H,16,17)/t9-,10+/m0/s1. The first-order valence-corrected chi connectivity index (χ1v) is 6.05. The lowest BCUT2D eigenvalue weighted by Crippen LogP contribution is -2.30. The number of carbonyl (C=O) groups is 1. The largest absolute Gasteiger partial charge is 0.379 e. The van der Waals surface area contributed by atoms with Crippen molar-refractivity contribution in [3.63, 3.8) is 0 Å². The van der Waals surface area contributed by atoms with Gasteiger partial charge in [-0.15, -0.1) is 0 Å². The first kappa shape index (κ1) is 13.7. The molecule has 1 aromatic rings. The lowest BCUT2D eigenvalue weighted by atomic mass is 10.2. The van der Waals surface area contributed by atoms with Crippen molar-refractivity contribution in [3.8, 4) is 0 Å². The summed E-state index contributed by atoms with van der Waals surface area (Å²) in [6.07, 6.45) is 4.08. The molecule has 104 valence electrons. The number of anilines is 1. The van der Waals surface area contributed by atoms with Crippen LogP contribution in [0.2, 0.25) is 0 Å². The highest BCUT2D eigenvalue weighted by molar-refractivity contribution is 5.93. The van der Waals surface area contributed by atoms with Crippen molar-refractivity contribution < 1.29 is 19.1 Å². The summed E-state index contributed by atoms with van der Waals surface area (Å²) >= 11 is 0. The SMILES string of the molecule is CO[C@@H]1CCC[C@@H]1Nc1ncc(C(=O)NO)cc1F. The zero-order valence-corrected chi connectivity index (χ0v) is 10.5. The molecule has 3 N–H and O–H groups in total. The molecule has 6 nitrogen and oxygen atoms in total. The number of rotatable bonds is 4. The van der Waals surface area contributed by atoms with Gasteiger partial charge in [0.2, 0.25) is 0 Å². The highest BCUT2D eigenvalue weighted by Gasteiger charge is 2.28. The van der Waals surface area contributed by atoms with Gasteiger partial charge in [0, 0.05) is 13.3 Å². The second-order valence-corrected chi connectivity index (χ2v) is 4.45. The van der Waals surface area contributed by atoms with Gasteiger partial charge < -0.3 is 10.1 Å². The minimum absolute atomic E-state index is 0.0181. The van der Waals surface area contributed by atoms with Gasteiger partial charge in [-0.2, -0.15) is 0 Å². The third-order valence-corrected chi connectivity index (χ3v) is 3.28. The van der Waals surface area contributed by atoms with Crippen molar-refractivity contribution in [2.24, 2.45) is 0 Å². The molecule has 0 spiro atoms. The number of carbonyl (C=O) groups excluding carboxylic acids is 1. The average Bonchev–Trinajstić information content (AvgIpc) is 2.87. The molecule has 0 radical (unpaired) electrons. The molecular weight excluding hydrogens is 253 g/mol. The van der Waals surface area contributed by atoms with Crippen molar-refractivity contribution in [1.29, 1.82) is 0 Å². The van der Waals surface area contributed by atoms with E-state index in [9.17, 15) is 9.18 Å². The zero-order valence-electron chi connectivity index (χ0n) is 10.5. The second-order valence-electron chi connectivity index (χ2n) is 4.45. The molecule has 0 aromatic carbocycles. The number of ether oxygens (including phenoxy) is 1. The Bertz CT molecular complexity index is 470. The molecule has 0 aliphatic heterocycles. The van der Waals surface area contributed by atoms with E-state index in [2.05, 4.69) is 10.3 Å². The van der Waals surface area contributed by atoms with Gasteiger partial charge in [0.15, 0.2) is 11.6 Å². The predicted octanol–water partition coefficient (Wildman–Crippen LogP) is 1.32. The molecule has 19 heavy (non-hydrogen) atoms. The van der Waals surface area contributed by atoms with Crippen LogP contribution in [-0.4, -0.2) is 35.4 Å². The Morgan fingerprint density at radius 1 is 1.58 bits per heavy atom. The van der Waals surface area contributed by atoms with E-state index >= 15 is 0 Å². The molecule has 0 unspecified atom stereocenters. The third-order valence-electron chi connectivity index (χ3n) is 3.28. The molecule has 1 saturated carbocycles. The molecule has 0 saturated heterocycles. The van der Waals surface area contributed by atoms with E-state index in [1.807, 2.05) is 0 Å². The van der Waals surface area contributed by atoms with Gasteiger partial charge >= 0.3 is 0 Å². The highest BCUT2D eigenvalue weighted by Crippen LogP contribution is 2.25. The van der Waals surface area contributed by atoms with Crippen LogP contribution >= 0.6 is 0 Å². The van der Waals surface area contributed by atoms with E-state index in [4.69, 9.17) is 9.94 Å². The van der Waals surface area contributed by atoms with Crippen molar-refractivity contribution >= 4 is 11.7 Å². The average molecular weight is 269 g/mol. The van der Waals surface area contributed by atoms with Gasteiger partial charge in [0.05, 0.1) is 17.7 Å². The van der Waals surface area contributed by atoms with Crippen LogP contribution in [-0.2, 0) is 4.74 Å². The number of hydrogen-bond acceptors (Lipinski definition) is 5. The number of hydroxylamine groups is 1. The molecule has 1 heterocycles. The smallest absolute Gasteiger partial charge is 0.276 e. The Kier molecular flexibility index (Phi) is 4.28. The normalized spacial score (nSPS) is 22.3.